The smallest absolute Gasteiger partial charge is 0.0706 e. The number of fused-ring (bicyclic) bond motifs is 1. The molecule has 0 aromatic carbocycles. The van der Waals surface area contributed by atoms with Gasteiger partial charge in [0.1, 0.15) is 0 Å². The minimum atomic E-state index is 0.350. The number of pyridine rings is 1. The largest absolute Gasteiger partial charge is 0.311 e. The van der Waals surface area contributed by atoms with Crippen LogP contribution in [0.3, 0.4) is 0 Å². The predicted molar refractivity (Wildman–Crippen MR) is 81.8 cm³/mol. The van der Waals surface area contributed by atoms with Crippen molar-refractivity contribution in [3.63, 3.8) is 0 Å². The summed E-state index contributed by atoms with van der Waals surface area (Å²) in [4.78, 5) is 2.41. The predicted octanol–water partition coefficient (Wildman–Crippen LogP) is 2.30. The van der Waals surface area contributed by atoms with Crippen LogP contribution >= 0.6 is 0 Å². The van der Waals surface area contributed by atoms with E-state index in [-0.39, 0.29) is 0 Å². The molecule has 1 fully saturated rings. The Bertz CT molecular complexity index is 567. The Kier molecular flexibility index (Phi) is 3.76. The maximum absolute atomic E-state index is 4.39. The molecule has 0 spiro atoms. The van der Waals surface area contributed by atoms with Crippen molar-refractivity contribution in [1.29, 1.82) is 0 Å². The Morgan fingerprint density at radius 3 is 2.85 bits per heavy atom. The molecule has 2 heterocycles. The first-order chi connectivity index (χ1) is 9.71. The van der Waals surface area contributed by atoms with Crippen LogP contribution in [0, 0.1) is 0 Å². The van der Waals surface area contributed by atoms with Crippen molar-refractivity contribution in [2.45, 2.75) is 37.8 Å². The molecule has 2 aromatic rings. The molecule has 0 saturated heterocycles. The Hall–Kier alpha value is -1.39. The molecule has 1 aliphatic rings. The van der Waals surface area contributed by atoms with E-state index in [4.69, 9.17) is 0 Å². The van der Waals surface area contributed by atoms with Gasteiger partial charge in [-0.3, -0.25) is 0 Å². The number of nitrogens with zero attached hydrogens (tertiary/aromatic N) is 3. The summed E-state index contributed by atoms with van der Waals surface area (Å²) in [6, 6.07) is 6.21. The Balaban J connectivity index is 1.65. The first-order valence-corrected chi connectivity index (χ1v) is 7.51. The van der Waals surface area contributed by atoms with E-state index in [0.29, 0.717) is 5.54 Å². The van der Waals surface area contributed by atoms with Crippen molar-refractivity contribution in [3.05, 3.63) is 36.2 Å². The van der Waals surface area contributed by atoms with Gasteiger partial charge in [0.25, 0.3) is 0 Å². The number of nitrogens with one attached hydrogen (secondary N) is 1. The third-order valence-electron chi connectivity index (χ3n) is 4.76. The zero-order valence-electron chi connectivity index (χ0n) is 12.5. The third kappa shape index (κ3) is 2.45. The minimum absolute atomic E-state index is 0.350. The molecular weight excluding hydrogens is 248 g/mol. The Morgan fingerprint density at radius 1 is 1.30 bits per heavy atom. The molecule has 20 heavy (non-hydrogen) atoms. The maximum atomic E-state index is 4.39. The molecule has 3 rings (SSSR count). The quantitative estimate of drug-likeness (QED) is 0.906. The number of aromatic nitrogens is 2. The average molecular weight is 272 g/mol. The van der Waals surface area contributed by atoms with Crippen LogP contribution in [-0.4, -0.2) is 40.7 Å². The standard InChI is InChI=1S/C16H24N4/c1-19(2)16(8-4-5-9-16)13-17-11-14-12-18-20-10-6-3-7-15(14)20/h3,6-7,10,12,17H,4-5,8-9,11,13H2,1-2H3. The molecule has 108 valence electrons. The second-order valence-electron chi connectivity index (χ2n) is 6.13. The molecule has 1 saturated carbocycles. The van der Waals surface area contributed by atoms with Gasteiger partial charge in [-0.05, 0) is 39.1 Å². The fourth-order valence-electron chi connectivity index (χ4n) is 3.37. The lowest BCUT2D eigenvalue weighted by molar-refractivity contribution is 0.153. The molecule has 0 atom stereocenters. The molecule has 0 bridgehead atoms. The van der Waals surface area contributed by atoms with Crippen LogP contribution < -0.4 is 5.32 Å². The van der Waals surface area contributed by atoms with Crippen LogP contribution in [0.2, 0.25) is 0 Å². The first kappa shape index (κ1) is 13.6. The summed E-state index contributed by atoms with van der Waals surface area (Å²) in [6.07, 6.45) is 9.30. The van der Waals surface area contributed by atoms with Gasteiger partial charge in [0, 0.05) is 30.4 Å². The molecule has 4 nitrogen and oxygen atoms in total. The van der Waals surface area contributed by atoms with Gasteiger partial charge in [0.2, 0.25) is 0 Å². The molecular formula is C16H24N4. The Labute approximate surface area is 120 Å². The molecule has 0 unspecified atom stereocenters. The second kappa shape index (κ2) is 5.54. The van der Waals surface area contributed by atoms with Crippen LogP contribution in [0.1, 0.15) is 31.2 Å². The fraction of sp³-hybridized carbons (Fsp3) is 0.562. The van der Waals surface area contributed by atoms with Crippen molar-refractivity contribution in [3.8, 4) is 0 Å². The minimum Gasteiger partial charge on any atom is -0.311 e. The summed E-state index contributed by atoms with van der Waals surface area (Å²) in [6.45, 7) is 1.95. The van der Waals surface area contributed by atoms with E-state index in [9.17, 15) is 0 Å². The van der Waals surface area contributed by atoms with E-state index in [2.05, 4.69) is 41.5 Å². The van der Waals surface area contributed by atoms with Crippen LogP contribution in [0.15, 0.2) is 30.6 Å². The van der Waals surface area contributed by atoms with Gasteiger partial charge in [-0.1, -0.05) is 18.9 Å². The SMILES string of the molecule is CN(C)C1(CNCc2cnn3ccccc23)CCCC1. The summed E-state index contributed by atoms with van der Waals surface area (Å²) < 4.78 is 1.94. The fourth-order valence-corrected chi connectivity index (χ4v) is 3.37. The highest BCUT2D eigenvalue weighted by Crippen LogP contribution is 2.33. The maximum Gasteiger partial charge on any atom is 0.0706 e. The van der Waals surface area contributed by atoms with Gasteiger partial charge in [0.05, 0.1) is 11.7 Å². The molecule has 0 amide bonds. The summed E-state index contributed by atoms with van der Waals surface area (Å²) in [5.74, 6) is 0. The lowest BCUT2D eigenvalue weighted by Gasteiger charge is -2.36. The van der Waals surface area contributed by atoms with E-state index in [1.807, 2.05) is 23.0 Å². The molecule has 2 aromatic heterocycles. The molecule has 4 heteroatoms. The average Bonchev–Trinajstić information content (AvgIpc) is 3.07. The topological polar surface area (TPSA) is 32.6 Å². The van der Waals surface area contributed by atoms with Crippen molar-refractivity contribution in [1.82, 2.24) is 19.8 Å². The van der Waals surface area contributed by atoms with Crippen molar-refractivity contribution < 1.29 is 0 Å². The lowest BCUT2D eigenvalue weighted by atomic mass is 9.96. The summed E-state index contributed by atoms with van der Waals surface area (Å²) in [5.41, 5.74) is 2.83. The monoisotopic (exact) mass is 272 g/mol. The van der Waals surface area contributed by atoms with Gasteiger partial charge in [-0.15, -0.1) is 0 Å². The van der Waals surface area contributed by atoms with Gasteiger partial charge in [-0.2, -0.15) is 5.10 Å². The van der Waals surface area contributed by atoms with Crippen LogP contribution in [0.4, 0.5) is 0 Å². The summed E-state index contributed by atoms with van der Waals surface area (Å²) >= 11 is 0. The molecule has 1 aliphatic carbocycles. The van der Waals surface area contributed by atoms with E-state index < -0.39 is 0 Å². The Morgan fingerprint density at radius 2 is 2.10 bits per heavy atom. The van der Waals surface area contributed by atoms with Gasteiger partial charge >= 0.3 is 0 Å². The zero-order valence-corrected chi connectivity index (χ0v) is 12.5. The van der Waals surface area contributed by atoms with E-state index >= 15 is 0 Å². The normalized spacial score (nSPS) is 18.1. The molecule has 0 aliphatic heterocycles. The van der Waals surface area contributed by atoms with Crippen molar-refractivity contribution in [2.75, 3.05) is 20.6 Å². The second-order valence-corrected chi connectivity index (χ2v) is 6.13. The first-order valence-electron chi connectivity index (χ1n) is 7.51. The van der Waals surface area contributed by atoms with Crippen LogP contribution in [-0.2, 0) is 6.54 Å². The third-order valence-corrected chi connectivity index (χ3v) is 4.76. The summed E-state index contributed by atoms with van der Waals surface area (Å²) in [5, 5.41) is 8.04. The highest BCUT2D eigenvalue weighted by Gasteiger charge is 2.35. The highest BCUT2D eigenvalue weighted by molar-refractivity contribution is 5.53. The number of rotatable bonds is 5. The number of hydrogen-bond donors (Lipinski definition) is 1. The molecule has 0 radical (unpaired) electrons. The zero-order chi connectivity index (χ0) is 14.0. The van der Waals surface area contributed by atoms with Crippen molar-refractivity contribution in [2.24, 2.45) is 0 Å². The van der Waals surface area contributed by atoms with E-state index in [0.717, 1.165) is 13.1 Å². The highest BCUT2D eigenvalue weighted by atomic mass is 15.2. The van der Waals surface area contributed by atoms with Gasteiger partial charge in [0.15, 0.2) is 0 Å². The van der Waals surface area contributed by atoms with Crippen LogP contribution in [0.25, 0.3) is 5.52 Å². The number of hydrogen-bond acceptors (Lipinski definition) is 3. The number of likely N-dealkylation sites (N-methyl/N-ethyl adjacent to an activating group) is 1. The molecule has 1 N–H and O–H groups in total. The van der Waals surface area contributed by atoms with Gasteiger partial charge in [-0.25, -0.2) is 4.52 Å². The van der Waals surface area contributed by atoms with Gasteiger partial charge < -0.3 is 10.2 Å². The van der Waals surface area contributed by atoms with Crippen LogP contribution in [0.5, 0.6) is 0 Å². The van der Waals surface area contributed by atoms with E-state index in [1.54, 1.807) is 0 Å². The lowest BCUT2D eigenvalue weighted by Crippen LogP contribution is -2.49. The van der Waals surface area contributed by atoms with E-state index in [1.165, 1.54) is 36.8 Å². The van der Waals surface area contributed by atoms with Crippen molar-refractivity contribution >= 4 is 5.52 Å². The summed E-state index contributed by atoms with van der Waals surface area (Å²) in [7, 11) is 4.42.